The average Bonchev–Trinajstić information content (AvgIpc) is 2.78. The number of urea groups is 1. The van der Waals surface area contributed by atoms with Crippen LogP contribution in [0.15, 0.2) is 30.5 Å². The Hall–Kier alpha value is -2.50. The van der Waals surface area contributed by atoms with Gasteiger partial charge in [-0.25, -0.2) is 4.79 Å². The molecule has 0 bridgehead atoms. The Kier molecular flexibility index (Phi) is 4.24. The number of fused-ring (bicyclic) bond motifs is 1. The van der Waals surface area contributed by atoms with E-state index in [4.69, 9.17) is 10.5 Å². The van der Waals surface area contributed by atoms with E-state index in [0.717, 1.165) is 23.1 Å². The lowest BCUT2D eigenvalue weighted by Gasteiger charge is -2.07. The highest BCUT2D eigenvalue weighted by atomic mass is 16.5. The summed E-state index contributed by atoms with van der Waals surface area (Å²) in [5.41, 5.74) is 5.80. The third kappa shape index (κ3) is 3.28. The normalized spacial score (nSPS) is 10.4. The standard InChI is InChI=1S/C14H17N3O3/c1-2-7-20-11-3-4-12-10(8-11)5-6-17(12)9-13(18)16-14(15)19/h3-6,8H,2,7,9H2,1H3,(H3,15,16,18,19). The molecule has 2 rings (SSSR count). The number of amides is 3. The van der Waals surface area contributed by atoms with E-state index in [-0.39, 0.29) is 6.54 Å². The van der Waals surface area contributed by atoms with Gasteiger partial charge in [0.05, 0.1) is 6.61 Å². The molecule has 0 fully saturated rings. The molecule has 6 heteroatoms. The van der Waals surface area contributed by atoms with E-state index in [2.05, 4.69) is 0 Å². The third-order valence-corrected chi connectivity index (χ3v) is 2.79. The lowest BCUT2D eigenvalue weighted by atomic mass is 10.2. The number of nitrogens with two attached hydrogens (primary N) is 1. The molecule has 1 aromatic carbocycles. The first-order valence-corrected chi connectivity index (χ1v) is 6.41. The summed E-state index contributed by atoms with van der Waals surface area (Å²) in [4.78, 5) is 22.1. The maximum Gasteiger partial charge on any atom is 0.318 e. The maximum absolute atomic E-state index is 11.5. The summed E-state index contributed by atoms with van der Waals surface area (Å²) in [7, 11) is 0. The second kappa shape index (κ2) is 6.10. The van der Waals surface area contributed by atoms with Gasteiger partial charge in [-0.05, 0) is 30.7 Å². The van der Waals surface area contributed by atoms with Crippen molar-refractivity contribution in [1.82, 2.24) is 9.88 Å². The zero-order valence-electron chi connectivity index (χ0n) is 11.3. The van der Waals surface area contributed by atoms with Gasteiger partial charge in [0.25, 0.3) is 0 Å². The summed E-state index contributed by atoms with van der Waals surface area (Å²) in [5.74, 6) is 0.361. The van der Waals surface area contributed by atoms with Gasteiger partial charge in [-0.1, -0.05) is 6.92 Å². The predicted molar refractivity (Wildman–Crippen MR) is 75.5 cm³/mol. The van der Waals surface area contributed by atoms with Crippen molar-refractivity contribution in [3.63, 3.8) is 0 Å². The molecule has 3 amide bonds. The molecular formula is C14H17N3O3. The number of ether oxygens (including phenoxy) is 1. The van der Waals surface area contributed by atoms with Gasteiger partial charge in [0.1, 0.15) is 12.3 Å². The van der Waals surface area contributed by atoms with Gasteiger partial charge < -0.3 is 15.0 Å². The Morgan fingerprint density at radius 3 is 2.85 bits per heavy atom. The number of primary amides is 1. The van der Waals surface area contributed by atoms with E-state index in [1.807, 2.05) is 36.5 Å². The molecule has 0 saturated carbocycles. The Labute approximate surface area is 116 Å². The molecule has 0 aliphatic carbocycles. The smallest absolute Gasteiger partial charge is 0.318 e. The van der Waals surface area contributed by atoms with Crippen LogP contribution in [0.4, 0.5) is 4.79 Å². The van der Waals surface area contributed by atoms with Crippen molar-refractivity contribution in [1.29, 1.82) is 0 Å². The highest BCUT2D eigenvalue weighted by Gasteiger charge is 2.08. The van der Waals surface area contributed by atoms with Crippen molar-refractivity contribution in [3.8, 4) is 5.75 Å². The van der Waals surface area contributed by atoms with E-state index in [1.54, 1.807) is 10.8 Å². The summed E-state index contributed by atoms with van der Waals surface area (Å²) in [6.07, 6.45) is 2.74. The van der Waals surface area contributed by atoms with Gasteiger partial charge in [0, 0.05) is 17.1 Å². The summed E-state index contributed by atoms with van der Waals surface area (Å²) < 4.78 is 7.30. The van der Waals surface area contributed by atoms with Crippen LogP contribution in [0.1, 0.15) is 13.3 Å². The van der Waals surface area contributed by atoms with Crippen LogP contribution in [0.3, 0.4) is 0 Å². The molecule has 106 valence electrons. The molecule has 0 radical (unpaired) electrons. The van der Waals surface area contributed by atoms with Crippen LogP contribution >= 0.6 is 0 Å². The minimum atomic E-state index is -0.846. The third-order valence-electron chi connectivity index (χ3n) is 2.79. The number of hydrogen-bond acceptors (Lipinski definition) is 3. The highest BCUT2D eigenvalue weighted by molar-refractivity contribution is 5.94. The number of aromatic nitrogens is 1. The Morgan fingerprint density at radius 2 is 2.15 bits per heavy atom. The van der Waals surface area contributed by atoms with E-state index in [9.17, 15) is 9.59 Å². The van der Waals surface area contributed by atoms with Crippen molar-refractivity contribution in [3.05, 3.63) is 30.5 Å². The number of benzene rings is 1. The second-order valence-corrected chi connectivity index (χ2v) is 4.43. The summed E-state index contributed by atoms with van der Waals surface area (Å²) in [6.45, 7) is 2.77. The number of imide groups is 1. The van der Waals surface area contributed by atoms with Crippen molar-refractivity contribution in [2.75, 3.05) is 6.61 Å². The summed E-state index contributed by atoms with van der Waals surface area (Å²) in [5, 5.41) is 3.02. The number of carbonyl (C=O) groups is 2. The molecule has 0 spiro atoms. The molecule has 0 saturated heterocycles. The highest BCUT2D eigenvalue weighted by Crippen LogP contribution is 2.22. The van der Waals surface area contributed by atoms with Crippen LogP contribution in [-0.4, -0.2) is 23.1 Å². The molecule has 1 heterocycles. The van der Waals surface area contributed by atoms with E-state index >= 15 is 0 Å². The summed E-state index contributed by atoms with van der Waals surface area (Å²) >= 11 is 0. The van der Waals surface area contributed by atoms with Gasteiger partial charge in [0.2, 0.25) is 5.91 Å². The van der Waals surface area contributed by atoms with Crippen LogP contribution < -0.4 is 15.8 Å². The van der Waals surface area contributed by atoms with Gasteiger partial charge in [-0.2, -0.15) is 0 Å². The molecule has 0 aliphatic heterocycles. The largest absolute Gasteiger partial charge is 0.494 e. The molecule has 1 aromatic heterocycles. The topological polar surface area (TPSA) is 86.3 Å². The lowest BCUT2D eigenvalue weighted by molar-refractivity contribution is -0.120. The molecule has 0 aliphatic rings. The monoisotopic (exact) mass is 275 g/mol. The summed E-state index contributed by atoms with van der Waals surface area (Å²) in [6, 6.07) is 6.72. The van der Waals surface area contributed by atoms with Gasteiger partial charge in [0.15, 0.2) is 0 Å². The van der Waals surface area contributed by atoms with E-state index < -0.39 is 11.9 Å². The van der Waals surface area contributed by atoms with Crippen LogP contribution in [0.25, 0.3) is 10.9 Å². The van der Waals surface area contributed by atoms with Crippen molar-refractivity contribution in [2.45, 2.75) is 19.9 Å². The number of rotatable bonds is 5. The van der Waals surface area contributed by atoms with Crippen LogP contribution in [0, 0.1) is 0 Å². The SMILES string of the molecule is CCCOc1ccc2c(ccn2CC(=O)NC(N)=O)c1. The maximum atomic E-state index is 11.5. The molecule has 0 atom stereocenters. The molecule has 2 aromatic rings. The quantitative estimate of drug-likeness (QED) is 0.869. The first-order valence-electron chi connectivity index (χ1n) is 6.41. The lowest BCUT2D eigenvalue weighted by Crippen LogP contribution is -2.37. The zero-order chi connectivity index (χ0) is 14.5. The van der Waals surface area contributed by atoms with E-state index in [1.165, 1.54) is 0 Å². The van der Waals surface area contributed by atoms with Crippen LogP contribution in [-0.2, 0) is 11.3 Å². The molecule has 6 nitrogen and oxygen atoms in total. The molecule has 0 unspecified atom stereocenters. The van der Waals surface area contributed by atoms with Crippen molar-refractivity contribution >= 4 is 22.8 Å². The van der Waals surface area contributed by atoms with E-state index in [0.29, 0.717) is 6.61 Å². The fourth-order valence-electron chi connectivity index (χ4n) is 1.96. The zero-order valence-corrected chi connectivity index (χ0v) is 11.3. The Morgan fingerprint density at radius 1 is 1.35 bits per heavy atom. The van der Waals surface area contributed by atoms with Crippen molar-refractivity contribution < 1.29 is 14.3 Å². The van der Waals surface area contributed by atoms with Gasteiger partial charge in [-0.15, -0.1) is 0 Å². The van der Waals surface area contributed by atoms with Crippen LogP contribution in [0.2, 0.25) is 0 Å². The number of carbonyl (C=O) groups excluding carboxylic acids is 2. The first-order chi connectivity index (χ1) is 9.60. The predicted octanol–water partition coefficient (Wildman–Crippen LogP) is 1.62. The number of nitrogens with one attached hydrogen (secondary N) is 1. The van der Waals surface area contributed by atoms with Gasteiger partial charge >= 0.3 is 6.03 Å². The van der Waals surface area contributed by atoms with Crippen LogP contribution in [0.5, 0.6) is 5.75 Å². The second-order valence-electron chi connectivity index (χ2n) is 4.43. The Balaban J connectivity index is 2.15. The van der Waals surface area contributed by atoms with Crippen molar-refractivity contribution in [2.24, 2.45) is 5.73 Å². The fraction of sp³-hybridized carbons (Fsp3) is 0.286. The number of nitrogens with zero attached hydrogens (tertiary/aromatic N) is 1. The minimum Gasteiger partial charge on any atom is -0.494 e. The number of hydrogen-bond donors (Lipinski definition) is 2. The molecule has 20 heavy (non-hydrogen) atoms. The van der Waals surface area contributed by atoms with Gasteiger partial charge in [-0.3, -0.25) is 10.1 Å². The molecular weight excluding hydrogens is 258 g/mol. The first kappa shape index (κ1) is 13.9. The molecule has 3 N–H and O–H groups in total. The fourth-order valence-corrected chi connectivity index (χ4v) is 1.96. The minimum absolute atomic E-state index is 0.0433. The average molecular weight is 275 g/mol. The Bertz CT molecular complexity index is 634.